The fourth-order valence-corrected chi connectivity index (χ4v) is 4.66. The number of rotatable bonds is 18. The normalized spacial score (nSPS) is 11.4. The van der Waals surface area contributed by atoms with Gasteiger partial charge in [-0.25, -0.2) is 19.2 Å². The van der Waals surface area contributed by atoms with E-state index in [1.807, 2.05) is 0 Å². The number of amides is 1. The molecule has 2 N–H and O–H groups in total. The van der Waals surface area contributed by atoms with Gasteiger partial charge in [0, 0.05) is 6.42 Å². The van der Waals surface area contributed by atoms with E-state index >= 15 is 0 Å². The van der Waals surface area contributed by atoms with Crippen LogP contribution in [-0.4, -0.2) is 50.3 Å². The molecule has 23 nitrogen and oxygen atoms in total. The van der Waals surface area contributed by atoms with E-state index in [-0.39, 0.29) is 39.5 Å². The van der Waals surface area contributed by atoms with E-state index in [0.29, 0.717) is 0 Å². The van der Waals surface area contributed by atoms with Gasteiger partial charge in [0.2, 0.25) is 0 Å². The molecule has 0 aromatic heterocycles. The highest BCUT2D eigenvalue weighted by atomic mass is 17.0. The molecule has 0 saturated heterocycles. The summed E-state index contributed by atoms with van der Waals surface area (Å²) >= 11 is 0. The second-order valence-electron chi connectivity index (χ2n) is 11.5. The maximum Gasteiger partial charge on any atom is 0.519 e. The van der Waals surface area contributed by atoms with Crippen LogP contribution in [0.25, 0.3) is 0 Å². The van der Waals surface area contributed by atoms with Crippen molar-refractivity contribution in [3.05, 3.63) is 144 Å². The van der Waals surface area contributed by atoms with E-state index in [1.165, 1.54) is 78.9 Å². The van der Waals surface area contributed by atoms with Crippen LogP contribution in [0, 0.1) is 30.3 Å². The smallest absolute Gasteiger partial charge is 0.480 e. The first kappa shape index (κ1) is 41.5. The zero-order valence-electron chi connectivity index (χ0n) is 29.1. The van der Waals surface area contributed by atoms with Crippen LogP contribution < -0.4 is 29.0 Å². The second-order valence-corrected chi connectivity index (χ2v) is 11.5. The first-order chi connectivity index (χ1) is 27.1. The molecule has 0 bridgehead atoms. The minimum Gasteiger partial charge on any atom is -0.480 e. The molecule has 0 aliphatic rings. The van der Waals surface area contributed by atoms with Gasteiger partial charge in [-0.05, 0) is 77.7 Å². The van der Waals surface area contributed by atoms with Gasteiger partial charge < -0.3 is 48.6 Å². The fourth-order valence-electron chi connectivity index (χ4n) is 4.66. The lowest BCUT2D eigenvalue weighted by atomic mass is 9.93. The second kappa shape index (κ2) is 19.2. The summed E-state index contributed by atoms with van der Waals surface area (Å²) in [7, 11) is 0. The number of hydrogen-bond donors (Lipinski definition) is 2. The minimum atomic E-state index is -2.10. The SMILES string of the molecule is CC(Cc1ccc(OC(=O)Oc2cccc(CO[N+](=O)[O-])c2)c(OC(=O)Oc2cccc(CO[N+](=O)[O-])c2)c1)(NC(=O)Oc1cccc(CO[N+](=O)[O-])c1)C(=O)O. The van der Waals surface area contributed by atoms with Gasteiger partial charge in [-0.15, -0.1) is 30.3 Å². The minimum absolute atomic E-state index is 0.0834. The van der Waals surface area contributed by atoms with Gasteiger partial charge in [0.25, 0.3) is 15.3 Å². The molecular weight excluding hydrogens is 768 g/mol. The highest BCUT2D eigenvalue weighted by molar-refractivity contribution is 5.85. The van der Waals surface area contributed by atoms with Crippen molar-refractivity contribution in [1.29, 1.82) is 0 Å². The first-order valence-electron chi connectivity index (χ1n) is 15.8. The predicted molar refractivity (Wildman–Crippen MR) is 183 cm³/mol. The number of carbonyl (C=O) groups is 4. The van der Waals surface area contributed by atoms with Crippen LogP contribution in [-0.2, 0) is 45.5 Å². The Balaban J connectivity index is 1.55. The summed E-state index contributed by atoms with van der Waals surface area (Å²) in [6.45, 7) is -0.242. The predicted octanol–water partition coefficient (Wildman–Crippen LogP) is 5.14. The van der Waals surface area contributed by atoms with Crippen LogP contribution in [0.15, 0.2) is 91.0 Å². The summed E-state index contributed by atoms with van der Waals surface area (Å²) in [6, 6.07) is 19.8. The Labute approximate surface area is 318 Å². The lowest BCUT2D eigenvalue weighted by Gasteiger charge is -2.26. The Hall–Kier alpha value is -8.24. The molecule has 4 aromatic carbocycles. The van der Waals surface area contributed by atoms with Crippen LogP contribution in [0.4, 0.5) is 14.4 Å². The van der Waals surface area contributed by atoms with Crippen molar-refractivity contribution in [2.75, 3.05) is 0 Å². The molecule has 0 saturated carbocycles. The molecule has 0 fully saturated rings. The Morgan fingerprint density at radius 1 is 0.579 bits per heavy atom. The van der Waals surface area contributed by atoms with Crippen molar-refractivity contribution in [1.82, 2.24) is 5.32 Å². The lowest BCUT2D eigenvalue weighted by molar-refractivity contribution is -0.763. The highest BCUT2D eigenvalue weighted by Gasteiger charge is 2.36. The number of hydrogen-bond acceptors (Lipinski definition) is 18. The van der Waals surface area contributed by atoms with E-state index in [9.17, 15) is 54.6 Å². The van der Waals surface area contributed by atoms with Gasteiger partial charge in [0.15, 0.2) is 11.5 Å². The Kier molecular flexibility index (Phi) is 14.0. The average molecular weight is 797 g/mol. The number of carboxylic acid groups (broad SMARTS) is 1. The molecule has 23 heteroatoms. The zero-order chi connectivity index (χ0) is 41.5. The van der Waals surface area contributed by atoms with Gasteiger partial charge in [-0.2, -0.15) is 0 Å². The molecular formula is C34H28N4O19. The Morgan fingerprint density at radius 3 is 1.42 bits per heavy atom. The van der Waals surface area contributed by atoms with E-state index in [2.05, 4.69) is 19.8 Å². The van der Waals surface area contributed by atoms with Gasteiger partial charge in [0.1, 0.15) is 42.6 Å². The zero-order valence-corrected chi connectivity index (χ0v) is 29.1. The van der Waals surface area contributed by atoms with Gasteiger partial charge >= 0.3 is 24.4 Å². The molecule has 4 rings (SSSR count). The van der Waals surface area contributed by atoms with E-state index in [0.717, 1.165) is 19.1 Å². The van der Waals surface area contributed by atoms with Crippen molar-refractivity contribution in [3.63, 3.8) is 0 Å². The first-order valence-corrected chi connectivity index (χ1v) is 15.8. The van der Waals surface area contributed by atoms with E-state index < -0.39 is 82.9 Å². The monoisotopic (exact) mass is 796 g/mol. The molecule has 1 atom stereocenters. The number of aliphatic carboxylic acids is 1. The van der Waals surface area contributed by atoms with Crippen molar-refractivity contribution >= 4 is 24.4 Å². The molecule has 1 unspecified atom stereocenters. The molecule has 0 aliphatic heterocycles. The topological polar surface area (TPSA) is 304 Å². The van der Waals surface area contributed by atoms with Gasteiger partial charge in [0.05, 0.1) is 0 Å². The number of nitrogens with one attached hydrogen (secondary N) is 1. The number of benzene rings is 4. The largest absolute Gasteiger partial charge is 0.519 e. The molecule has 1 amide bonds. The molecule has 4 aromatic rings. The third-order valence-corrected chi connectivity index (χ3v) is 7.12. The third kappa shape index (κ3) is 13.6. The number of carboxylic acids is 1. The maximum absolute atomic E-state index is 12.9. The third-order valence-electron chi connectivity index (χ3n) is 7.12. The fraction of sp³-hybridized carbons (Fsp3) is 0.176. The molecule has 57 heavy (non-hydrogen) atoms. The summed E-state index contributed by atoms with van der Waals surface area (Å²) in [5.41, 5.74) is -1.24. The summed E-state index contributed by atoms with van der Waals surface area (Å²) in [6.07, 6.45) is -4.51. The van der Waals surface area contributed by atoms with Crippen LogP contribution in [0.1, 0.15) is 29.2 Å². The quantitative estimate of drug-likeness (QED) is 0.0569. The van der Waals surface area contributed by atoms with Crippen LogP contribution in [0.3, 0.4) is 0 Å². The Bertz CT molecular complexity index is 2160. The van der Waals surface area contributed by atoms with Crippen molar-refractivity contribution in [2.45, 2.75) is 38.7 Å². The van der Waals surface area contributed by atoms with E-state index in [4.69, 9.17) is 23.7 Å². The van der Waals surface area contributed by atoms with Crippen molar-refractivity contribution in [3.8, 4) is 28.7 Å². The van der Waals surface area contributed by atoms with Gasteiger partial charge in [-0.1, -0.05) is 42.5 Å². The molecule has 0 radical (unpaired) electrons. The van der Waals surface area contributed by atoms with Crippen LogP contribution in [0.2, 0.25) is 0 Å². The van der Waals surface area contributed by atoms with Crippen molar-refractivity contribution < 1.29 is 77.7 Å². The standard InChI is InChI=1S/C34H28N4O19/c1-34(30(39)40,35-31(41)53-25-8-2-5-22(13-25)18-50-36(44)45)17-21-11-12-28(56-32(42)54-26-9-3-6-23(14-26)19-51-37(46)47)29(16-21)57-33(43)55-27-10-4-7-24(15-27)20-52-38(48)49/h2-16H,17-20H2,1H3,(H,35,41)(H,39,40). The maximum atomic E-state index is 12.9. The number of nitrogens with zero attached hydrogens (tertiary/aromatic N) is 3. The van der Waals surface area contributed by atoms with Crippen molar-refractivity contribution in [2.24, 2.45) is 0 Å². The number of carbonyl (C=O) groups excluding carboxylic acids is 3. The molecule has 298 valence electrons. The highest BCUT2D eigenvalue weighted by Crippen LogP contribution is 2.32. The van der Waals surface area contributed by atoms with Crippen LogP contribution >= 0.6 is 0 Å². The molecule has 0 spiro atoms. The summed E-state index contributed by atoms with van der Waals surface area (Å²) in [4.78, 5) is 95.5. The summed E-state index contributed by atoms with van der Waals surface area (Å²) in [5, 5.41) is 40.9. The molecule has 0 aliphatic carbocycles. The summed E-state index contributed by atoms with van der Waals surface area (Å²) in [5.74, 6) is -2.85. The number of ether oxygens (including phenoxy) is 5. The summed E-state index contributed by atoms with van der Waals surface area (Å²) < 4.78 is 26.1. The van der Waals surface area contributed by atoms with Gasteiger partial charge in [-0.3, -0.25) is 0 Å². The average Bonchev–Trinajstić information content (AvgIpc) is 3.13. The lowest BCUT2D eigenvalue weighted by Crippen LogP contribution is -2.54. The van der Waals surface area contributed by atoms with Crippen LogP contribution in [0.5, 0.6) is 28.7 Å². The molecule has 0 heterocycles. The Morgan fingerprint density at radius 2 is 1.00 bits per heavy atom. The van der Waals surface area contributed by atoms with E-state index in [1.54, 1.807) is 0 Å².